The minimum atomic E-state index is -0.594. The fraction of sp³-hybridized carbons (Fsp3) is 0.650. The lowest BCUT2D eigenvalue weighted by Crippen LogP contribution is -2.49. The van der Waals surface area contributed by atoms with E-state index in [4.69, 9.17) is 18.9 Å². The van der Waals surface area contributed by atoms with Gasteiger partial charge in [-0.25, -0.2) is 0 Å². The number of carbonyl (C=O) groups excluding carboxylic acids is 1. The largest absolute Gasteiger partial charge is 0.462 e. The third-order valence-corrected chi connectivity index (χ3v) is 5.63. The molecule has 4 atom stereocenters. The number of fused-ring (bicyclic) bond motifs is 5. The van der Waals surface area contributed by atoms with Crippen molar-refractivity contribution < 1.29 is 23.7 Å². The van der Waals surface area contributed by atoms with Crippen molar-refractivity contribution in [3.8, 4) is 0 Å². The van der Waals surface area contributed by atoms with Crippen LogP contribution in [0.5, 0.6) is 0 Å². The van der Waals surface area contributed by atoms with E-state index in [1.54, 1.807) is 7.11 Å². The summed E-state index contributed by atoms with van der Waals surface area (Å²) in [5.74, 6) is -0.243. The summed E-state index contributed by atoms with van der Waals surface area (Å²) in [6.07, 6.45) is 1.37. The van der Waals surface area contributed by atoms with Crippen LogP contribution in [0.25, 0.3) is 0 Å². The molecule has 142 valence electrons. The number of esters is 1. The van der Waals surface area contributed by atoms with Crippen molar-refractivity contribution in [2.45, 2.75) is 70.1 Å². The van der Waals surface area contributed by atoms with Crippen LogP contribution in [-0.2, 0) is 30.3 Å². The Morgan fingerprint density at radius 3 is 2.31 bits per heavy atom. The van der Waals surface area contributed by atoms with E-state index in [9.17, 15) is 4.79 Å². The van der Waals surface area contributed by atoms with Gasteiger partial charge in [-0.1, -0.05) is 44.2 Å². The van der Waals surface area contributed by atoms with Gasteiger partial charge in [0, 0.05) is 38.6 Å². The number of hydrogen-bond acceptors (Lipinski definition) is 6. The summed E-state index contributed by atoms with van der Waals surface area (Å²) >= 11 is 0. The molecule has 3 fully saturated rings. The van der Waals surface area contributed by atoms with Gasteiger partial charge in [-0.3, -0.25) is 9.69 Å². The molecule has 4 unspecified atom stereocenters. The summed E-state index contributed by atoms with van der Waals surface area (Å²) in [6, 6.07) is 10.7. The Labute approximate surface area is 154 Å². The van der Waals surface area contributed by atoms with E-state index in [2.05, 4.69) is 29.2 Å². The van der Waals surface area contributed by atoms with Crippen LogP contribution in [0.3, 0.4) is 0 Å². The molecular formula is C20H27NO5. The first kappa shape index (κ1) is 17.9. The van der Waals surface area contributed by atoms with Gasteiger partial charge in [0.05, 0.1) is 5.92 Å². The highest BCUT2D eigenvalue weighted by atomic mass is 16.9. The Bertz CT molecular complexity index is 614. The van der Waals surface area contributed by atoms with E-state index < -0.39 is 6.48 Å². The van der Waals surface area contributed by atoms with Crippen LogP contribution < -0.4 is 0 Å². The molecule has 0 aromatic heterocycles. The summed E-state index contributed by atoms with van der Waals surface area (Å²) in [5, 5.41) is 0. The lowest BCUT2D eigenvalue weighted by atomic mass is 9.98. The summed E-state index contributed by atoms with van der Waals surface area (Å²) in [6.45, 7) is 3.99. The standard InChI is InChI=1S/C20H27NO5/c1-12(2)19(22)24-14-9-15-17-18(26-20(23-3)25-17)16(10-14)21(15)11-13-7-5-4-6-8-13/h4-8,12,14-18,20H,9-11H2,1-3H3. The summed E-state index contributed by atoms with van der Waals surface area (Å²) in [5.41, 5.74) is 1.27. The molecule has 26 heavy (non-hydrogen) atoms. The molecule has 4 rings (SSSR count). The average Bonchev–Trinajstić information content (AvgIpc) is 3.12. The first-order valence-electron chi connectivity index (χ1n) is 9.40. The van der Waals surface area contributed by atoms with Crippen LogP contribution in [0.1, 0.15) is 32.3 Å². The van der Waals surface area contributed by atoms with E-state index in [1.807, 2.05) is 19.9 Å². The third kappa shape index (κ3) is 3.27. The second-order valence-electron chi connectivity index (χ2n) is 7.70. The highest BCUT2D eigenvalue weighted by Gasteiger charge is 2.59. The van der Waals surface area contributed by atoms with Gasteiger partial charge in [0.1, 0.15) is 18.3 Å². The number of methoxy groups -OCH3 is 1. The fourth-order valence-electron chi connectivity index (χ4n) is 4.40. The highest BCUT2D eigenvalue weighted by molar-refractivity contribution is 5.71. The molecule has 1 aromatic rings. The number of nitrogens with zero attached hydrogens (tertiary/aromatic N) is 1. The van der Waals surface area contributed by atoms with E-state index in [0.717, 1.165) is 19.4 Å². The Morgan fingerprint density at radius 2 is 1.77 bits per heavy atom. The van der Waals surface area contributed by atoms with E-state index in [-0.39, 0.29) is 42.3 Å². The van der Waals surface area contributed by atoms with Gasteiger partial charge in [0.25, 0.3) is 6.48 Å². The van der Waals surface area contributed by atoms with Crippen molar-refractivity contribution in [2.24, 2.45) is 5.92 Å². The molecular weight excluding hydrogens is 334 g/mol. The maximum Gasteiger partial charge on any atom is 0.308 e. The van der Waals surface area contributed by atoms with Crippen molar-refractivity contribution in [3.05, 3.63) is 35.9 Å². The van der Waals surface area contributed by atoms with E-state index >= 15 is 0 Å². The van der Waals surface area contributed by atoms with Gasteiger partial charge in [0.2, 0.25) is 0 Å². The quantitative estimate of drug-likeness (QED) is 0.750. The van der Waals surface area contributed by atoms with Crippen molar-refractivity contribution in [3.63, 3.8) is 0 Å². The smallest absolute Gasteiger partial charge is 0.308 e. The molecule has 0 radical (unpaired) electrons. The van der Waals surface area contributed by atoms with Crippen LogP contribution in [0.4, 0.5) is 0 Å². The molecule has 0 amide bonds. The van der Waals surface area contributed by atoms with Crippen molar-refractivity contribution in [1.29, 1.82) is 0 Å². The van der Waals surface area contributed by atoms with Crippen molar-refractivity contribution >= 4 is 5.97 Å². The lowest BCUT2D eigenvalue weighted by Gasteiger charge is -2.40. The number of benzene rings is 1. The zero-order valence-corrected chi connectivity index (χ0v) is 15.5. The van der Waals surface area contributed by atoms with E-state index in [0.29, 0.717) is 0 Å². The van der Waals surface area contributed by atoms with Crippen LogP contribution in [0, 0.1) is 5.92 Å². The predicted octanol–water partition coefficient (Wildman–Crippen LogP) is 2.31. The Balaban J connectivity index is 1.52. The van der Waals surface area contributed by atoms with Gasteiger partial charge < -0.3 is 18.9 Å². The summed E-state index contributed by atoms with van der Waals surface area (Å²) in [4.78, 5) is 14.5. The van der Waals surface area contributed by atoms with Crippen molar-refractivity contribution in [2.75, 3.05) is 7.11 Å². The van der Waals surface area contributed by atoms with Gasteiger partial charge in [-0.2, -0.15) is 0 Å². The maximum atomic E-state index is 12.0. The Morgan fingerprint density at radius 1 is 1.15 bits per heavy atom. The van der Waals surface area contributed by atoms with Crippen LogP contribution >= 0.6 is 0 Å². The molecule has 3 aliphatic heterocycles. The molecule has 6 heteroatoms. The monoisotopic (exact) mass is 361 g/mol. The molecule has 0 spiro atoms. The Kier molecular flexibility index (Phi) is 5.01. The first-order chi connectivity index (χ1) is 12.6. The lowest BCUT2D eigenvalue weighted by molar-refractivity contribution is -0.245. The number of carbonyl (C=O) groups is 1. The molecule has 0 N–H and O–H groups in total. The maximum absolute atomic E-state index is 12.0. The van der Waals surface area contributed by atoms with E-state index in [1.165, 1.54) is 5.56 Å². The van der Waals surface area contributed by atoms with Gasteiger partial charge in [-0.05, 0) is 5.56 Å². The average molecular weight is 361 g/mol. The SMILES string of the molecule is COC1OC2C(O1)C1CC(OC(=O)C(C)C)CC2N1Cc1ccccc1. The second kappa shape index (κ2) is 7.27. The van der Waals surface area contributed by atoms with Gasteiger partial charge in [-0.15, -0.1) is 0 Å². The zero-order chi connectivity index (χ0) is 18.3. The zero-order valence-electron chi connectivity index (χ0n) is 15.5. The third-order valence-electron chi connectivity index (χ3n) is 5.63. The number of rotatable bonds is 5. The molecule has 3 heterocycles. The second-order valence-corrected chi connectivity index (χ2v) is 7.70. The molecule has 6 nitrogen and oxygen atoms in total. The number of hydrogen-bond donors (Lipinski definition) is 0. The number of ether oxygens (including phenoxy) is 4. The van der Waals surface area contributed by atoms with Gasteiger partial charge >= 0.3 is 5.97 Å². The Hall–Kier alpha value is -1.47. The summed E-state index contributed by atoms with van der Waals surface area (Å²) < 4.78 is 23.0. The molecule has 2 bridgehead atoms. The molecule has 0 saturated carbocycles. The minimum absolute atomic E-state index is 0.0450. The molecule has 3 saturated heterocycles. The van der Waals surface area contributed by atoms with Crippen LogP contribution in [0.15, 0.2) is 30.3 Å². The first-order valence-corrected chi connectivity index (χ1v) is 9.40. The minimum Gasteiger partial charge on any atom is -0.462 e. The molecule has 3 aliphatic rings. The van der Waals surface area contributed by atoms with Crippen molar-refractivity contribution in [1.82, 2.24) is 4.90 Å². The number of piperidine rings is 1. The summed E-state index contributed by atoms with van der Waals surface area (Å²) in [7, 11) is 1.59. The normalized spacial score (nSPS) is 36.3. The fourth-order valence-corrected chi connectivity index (χ4v) is 4.40. The van der Waals surface area contributed by atoms with Gasteiger partial charge in [0.15, 0.2) is 0 Å². The molecule has 0 aliphatic carbocycles. The molecule has 1 aromatic carbocycles. The topological polar surface area (TPSA) is 57.2 Å². The van der Waals surface area contributed by atoms with Crippen LogP contribution in [0.2, 0.25) is 0 Å². The predicted molar refractivity (Wildman–Crippen MR) is 94.1 cm³/mol. The highest BCUT2D eigenvalue weighted by Crippen LogP contribution is 2.45. The van der Waals surface area contributed by atoms with Crippen LogP contribution in [-0.4, -0.2) is 54.9 Å².